The Balaban J connectivity index is 2.05. The summed E-state index contributed by atoms with van der Waals surface area (Å²) in [4.78, 5) is 5.90. The Morgan fingerprint density at radius 2 is 2.24 bits per heavy atom. The number of aromatic nitrogens is 1. The number of anilines is 1. The monoisotopic (exact) mass is 323 g/mol. The summed E-state index contributed by atoms with van der Waals surface area (Å²) in [6, 6.07) is 0.756. The summed E-state index contributed by atoms with van der Waals surface area (Å²) < 4.78 is 43.3. The minimum Gasteiger partial charge on any atom is -0.373 e. The van der Waals surface area contributed by atoms with Gasteiger partial charge in [-0.05, 0) is 20.0 Å². The van der Waals surface area contributed by atoms with E-state index in [4.69, 9.17) is 16.3 Å². The van der Waals surface area contributed by atoms with Crippen molar-refractivity contribution < 1.29 is 17.9 Å². The first kappa shape index (κ1) is 16.3. The van der Waals surface area contributed by atoms with Crippen molar-refractivity contribution in [1.82, 2.24) is 9.88 Å². The fourth-order valence-corrected chi connectivity index (χ4v) is 2.34. The van der Waals surface area contributed by atoms with E-state index >= 15 is 0 Å². The molecule has 2 atom stereocenters. The average Bonchev–Trinajstić information content (AvgIpc) is 2.39. The van der Waals surface area contributed by atoms with Crippen LogP contribution >= 0.6 is 11.6 Å². The van der Waals surface area contributed by atoms with Gasteiger partial charge in [-0.1, -0.05) is 11.6 Å². The molecule has 1 aromatic rings. The molecule has 1 aliphatic rings. The van der Waals surface area contributed by atoms with Gasteiger partial charge in [-0.2, -0.15) is 13.2 Å². The number of alkyl halides is 3. The third kappa shape index (κ3) is 4.21. The molecule has 8 heteroatoms. The summed E-state index contributed by atoms with van der Waals surface area (Å²) in [5.74, 6) is 0.231. The van der Waals surface area contributed by atoms with Gasteiger partial charge in [0.15, 0.2) is 0 Å². The fourth-order valence-electron chi connectivity index (χ4n) is 2.12. The van der Waals surface area contributed by atoms with Gasteiger partial charge in [0.1, 0.15) is 5.82 Å². The van der Waals surface area contributed by atoms with Gasteiger partial charge in [-0.15, -0.1) is 0 Å². The Kier molecular flexibility index (Phi) is 4.95. The molecule has 1 aromatic heterocycles. The van der Waals surface area contributed by atoms with Crippen LogP contribution in [0.2, 0.25) is 5.02 Å². The Morgan fingerprint density at radius 3 is 2.81 bits per heavy atom. The first-order chi connectivity index (χ1) is 9.77. The summed E-state index contributed by atoms with van der Waals surface area (Å²) in [6.45, 7) is 4.12. The molecular formula is C13H17ClF3N3O. The molecule has 0 amide bonds. The van der Waals surface area contributed by atoms with Gasteiger partial charge < -0.3 is 15.0 Å². The van der Waals surface area contributed by atoms with Gasteiger partial charge in [0, 0.05) is 19.3 Å². The number of likely N-dealkylation sites (N-methyl/N-ethyl adjacent to an activating group) is 1. The lowest BCUT2D eigenvalue weighted by Gasteiger charge is -2.34. The second-order valence-electron chi connectivity index (χ2n) is 5.16. The molecule has 0 bridgehead atoms. The standard InChI is InChI=1S/C13H17ClF3N3O/c1-8(11-7-20(2)3-4-21-11)19-12-10(14)5-9(6-18-12)13(15,16)17/h5-6,8,11H,3-4,7H2,1-2H3,(H,18,19). The van der Waals surface area contributed by atoms with Crippen molar-refractivity contribution in [3.63, 3.8) is 0 Å². The lowest BCUT2D eigenvalue weighted by Crippen LogP contribution is -2.47. The van der Waals surface area contributed by atoms with Crippen molar-refractivity contribution in [3.8, 4) is 0 Å². The second kappa shape index (κ2) is 6.37. The number of hydrogen-bond acceptors (Lipinski definition) is 4. The molecule has 2 unspecified atom stereocenters. The maximum Gasteiger partial charge on any atom is 0.417 e. The summed E-state index contributed by atoms with van der Waals surface area (Å²) in [5.41, 5.74) is -0.862. The Bertz CT molecular complexity index is 498. The number of ether oxygens (including phenoxy) is 1. The zero-order chi connectivity index (χ0) is 15.6. The zero-order valence-corrected chi connectivity index (χ0v) is 12.5. The molecule has 0 radical (unpaired) electrons. The molecule has 0 aromatic carbocycles. The maximum atomic E-state index is 12.6. The van der Waals surface area contributed by atoms with Gasteiger partial charge in [0.25, 0.3) is 0 Å². The molecule has 118 valence electrons. The number of morpholine rings is 1. The molecule has 1 N–H and O–H groups in total. The average molecular weight is 324 g/mol. The minimum absolute atomic E-state index is 0.0548. The van der Waals surface area contributed by atoms with Crippen LogP contribution in [0.25, 0.3) is 0 Å². The molecule has 0 spiro atoms. The predicted octanol–water partition coefficient (Wildman–Crippen LogP) is 2.88. The molecule has 1 saturated heterocycles. The molecule has 2 heterocycles. The van der Waals surface area contributed by atoms with Crippen molar-refractivity contribution in [3.05, 3.63) is 22.8 Å². The van der Waals surface area contributed by atoms with Gasteiger partial charge in [-0.3, -0.25) is 0 Å². The highest BCUT2D eigenvalue weighted by molar-refractivity contribution is 6.33. The fraction of sp³-hybridized carbons (Fsp3) is 0.615. The smallest absolute Gasteiger partial charge is 0.373 e. The lowest BCUT2D eigenvalue weighted by molar-refractivity contribution is -0.137. The number of pyridine rings is 1. The molecule has 1 fully saturated rings. The molecule has 2 rings (SSSR count). The zero-order valence-electron chi connectivity index (χ0n) is 11.7. The molecule has 4 nitrogen and oxygen atoms in total. The van der Waals surface area contributed by atoms with E-state index in [2.05, 4.69) is 15.2 Å². The maximum absolute atomic E-state index is 12.6. The molecular weight excluding hydrogens is 307 g/mol. The summed E-state index contributed by atoms with van der Waals surface area (Å²) in [6.07, 6.45) is -3.74. The van der Waals surface area contributed by atoms with Crippen LogP contribution in [0.4, 0.5) is 19.0 Å². The van der Waals surface area contributed by atoms with Crippen LogP contribution in [-0.4, -0.2) is 48.8 Å². The number of rotatable bonds is 3. The van der Waals surface area contributed by atoms with Crippen LogP contribution in [0.15, 0.2) is 12.3 Å². The van der Waals surface area contributed by atoms with E-state index in [1.54, 1.807) is 0 Å². The highest BCUT2D eigenvalue weighted by Gasteiger charge is 2.32. The van der Waals surface area contributed by atoms with Crippen molar-refractivity contribution in [2.24, 2.45) is 0 Å². The SMILES string of the molecule is CC(Nc1ncc(C(F)(F)F)cc1Cl)C1CN(C)CCO1. The number of halogens is 4. The van der Waals surface area contributed by atoms with Gasteiger partial charge in [0.05, 0.1) is 29.3 Å². The topological polar surface area (TPSA) is 37.4 Å². The van der Waals surface area contributed by atoms with Crippen LogP contribution in [-0.2, 0) is 10.9 Å². The van der Waals surface area contributed by atoms with Gasteiger partial charge in [0.2, 0.25) is 0 Å². The molecule has 1 aliphatic heterocycles. The van der Waals surface area contributed by atoms with E-state index < -0.39 is 11.7 Å². The van der Waals surface area contributed by atoms with E-state index in [-0.39, 0.29) is 23.0 Å². The lowest BCUT2D eigenvalue weighted by atomic mass is 10.1. The van der Waals surface area contributed by atoms with Gasteiger partial charge in [-0.25, -0.2) is 4.98 Å². The first-order valence-electron chi connectivity index (χ1n) is 6.57. The largest absolute Gasteiger partial charge is 0.417 e. The third-order valence-corrected chi connectivity index (χ3v) is 3.68. The van der Waals surface area contributed by atoms with Crippen LogP contribution < -0.4 is 5.32 Å². The molecule has 21 heavy (non-hydrogen) atoms. The van der Waals surface area contributed by atoms with Crippen molar-refractivity contribution in [2.45, 2.75) is 25.2 Å². The van der Waals surface area contributed by atoms with E-state index in [9.17, 15) is 13.2 Å². The minimum atomic E-state index is -4.45. The van der Waals surface area contributed by atoms with Crippen LogP contribution in [0, 0.1) is 0 Å². The van der Waals surface area contributed by atoms with Crippen molar-refractivity contribution in [1.29, 1.82) is 0 Å². The molecule has 0 aliphatic carbocycles. The summed E-state index contributed by atoms with van der Waals surface area (Å²) in [5, 5.41) is 2.96. The first-order valence-corrected chi connectivity index (χ1v) is 6.94. The highest BCUT2D eigenvalue weighted by atomic mass is 35.5. The number of nitrogens with zero attached hydrogens (tertiary/aromatic N) is 2. The Labute approximate surface area is 126 Å². The van der Waals surface area contributed by atoms with E-state index in [1.165, 1.54) is 0 Å². The molecule has 0 saturated carbocycles. The normalized spacial score (nSPS) is 22.1. The summed E-state index contributed by atoms with van der Waals surface area (Å²) in [7, 11) is 1.99. The highest BCUT2D eigenvalue weighted by Crippen LogP contribution is 2.32. The van der Waals surface area contributed by atoms with Gasteiger partial charge >= 0.3 is 6.18 Å². The predicted molar refractivity (Wildman–Crippen MR) is 74.6 cm³/mol. The second-order valence-corrected chi connectivity index (χ2v) is 5.56. The quantitative estimate of drug-likeness (QED) is 0.928. The van der Waals surface area contributed by atoms with E-state index in [1.807, 2.05) is 14.0 Å². The van der Waals surface area contributed by atoms with Crippen LogP contribution in [0.3, 0.4) is 0 Å². The van der Waals surface area contributed by atoms with Crippen LogP contribution in [0.5, 0.6) is 0 Å². The van der Waals surface area contributed by atoms with E-state index in [0.717, 1.165) is 25.4 Å². The van der Waals surface area contributed by atoms with Crippen molar-refractivity contribution in [2.75, 3.05) is 32.1 Å². The van der Waals surface area contributed by atoms with Crippen LogP contribution in [0.1, 0.15) is 12.5 Å². The number of hydrogen-bond donors (Lipinski definition) is 1. The Hall–Kier alpha value is -1.05. The Morgan fingerprint density at radius 1 is 1.52 bits per heavy atom. The van der Waals surface area contributed by atoms with E-state index in [0.29, 0.717) is 6.61 Å². The number of nitrogens with one attached hydrogen (secondary N) is 1. The van der Waals surface area contributed by atoms with Crippen molar-refractivity contribution >= 4 is 17.4 Å². The third-order valence-electron chi connectivity index (χ3n) is 3.39. The summed E-state index contributed by atoms with van der Waals surface area (Å²) >= 11 is 5.87.